The van der Waals surface area contributed by atoms with E-state index in [1.54, 1.807) is 12.1 Å². The molecule has 0 aliphatic carbocycles. The zero-order valence-electron chi connectivity index (χ0n) is 8.98. The molecule has 1 aliphatic rings. The number of anilines is 1. The summed E-state index contributed by atoms with van der Waals surface area (Å²) in [6.45, 7) is 3.07. The molecule has 0 bridgehead atoms. The van der Waals surface area contributed by atoms with E-state index < -0.39 is 0 Å². The number of benzene rings is 1. The van der Waals surface area contributed by atoms with Gasteiger partial charge in [-0.05, 0) is 37.6 Å². The van der Waals surface area contributed by atoms with Gasteiger partial charge in [-0.2, -0.15) is 0 Å². The number of nitro benzene ring substituents is 1. The highest BCUT2D eigenvalue weighted by molar-refractivity contribution is 5.48. The maximum atomic E-state index is 10.5. The Morgan fingerprint density at radius 1 is 1.44 bits per heavy atom. The molecule has 1 heterocycles. The summed E-state index contributed by atoms with van der Waals surface area (Å²) in [5.41, 5.74) is 1.07. The van der Waals surface area contributed by atoms with Crippen molar-refractivity contribution in [2.45, 2.75) is 6.42 Å². The molecule has 1 atom stereocenters. The Bertz CT molecular complexity index is 358. The van der Waals surface area contributed by atoms with Gasteiger partial charge in [0.25, 0.3) is 5.69 Å². The van der Waals surface area contributed by atoms with Crippen LogP contribution in [0.3, 0.4) is 0 Å². The van der Waals surface area contributed by atoms with Crippen LogP contribution >= 0.6 is 0 Å². The molecule has 5 heteroatoms. The van der Waals surface area contributed by atoms with Gasteiger partial charge in [0.1, 0.15) is 0 Å². The molecule has 0 aromatic heterocycles. The van der Waals surface area contributed by atoms with Crippen LogP contribution in [-0.2, 0) is 0 Å². The van der Waals surface area contributed by atoms with Crippen LogP contribution in [0.25, 0.3) is 0 Å². The van der Waals surface area contributed by atoms with E-state index in [9.17, 15) is 10.1 Å². The van der Waals surface area contributed by atoms with Gasteiger partial charge in [-0.15, -0.1) is 0 Å². The fourth-order valence-electron chi connectivity index (χ4n) is 1.85. The van der Waals surface area contributed by atoms with Crippen molar-refractivity contribution in [1.29, 1.82) is 0 Å². The van der Waals surface area contributed by atoms with E-state index in [0.717, 1.165) is 25.3 Å². The highest BCUT2D eigenvalue weighted by Crippen LogP contribution is 2.16. The van der Waals surface area contributed by atoms with Crippen molar-refractivity contribution in [3.63, 3.8) is 0 Å². The van der Waals surface area contributed by atoms with Crippen molar-refractivity contribution in [3.05, 3.63) is 34.4 Å². The maximum absolute atomic E-state index is 10.5. The maximum Gasteiger partial charge on any atom is 0.269 e. The summed E-state index contributed by atoms with van der Waals surface area (Å²) in [5, 5.41) is 17.0. The fourth-order valence-corrected chi connectivity index (χ4v) is 1.85. The molecule has 1 fully saturated rings. The number of hydrogen-bond acceptors (Lipinski definition) is 4. The first kappa shape index (κ1) is 10.9. The van der Waals surface area contributed by atoms with Gasteiger partial charge >= 0.3 is 0 Å². The Hall–Kier alpha value is -1.62. The van der Waals surface area contributed by atoms with E-state index in [2.05, 4.69) is 10.6 Å². The number of nitro groups is 1. The van der Waals surface area contributed by atoms with E-state index in [1.807, 2.05) is 0 Å². The van der Waals surface area contributed by atoms with Gasteiger partial charge in [0.05, 0.1) is 4.92 Å². The molecule has 16 heavy (non-hydrogen) atoms. The van der Waals surface area contributed by atoms with Crippen molar-refractivity contribution in [2.24, 2.45) is 5.92 Å². The molecule has 86 valence electrons. The van der Waals surface area contributed by atoms with Gasteiger partial charge in [-0.25, -0.2) is 0 Å². The van der Waals surface area contributed by atoms with Crippen LogP contribution in [0.4, 0.5) is 11.4 Å². The molecule has 1 unspecified atom stereocenters. The lowest BCUT2D eigenvalue weighted by molar-refractivity contribution is -0.384. The van der Waals surface area contributed by atoms with Gasteiger partial charge in [0.2, 0.25) is 0 Å². The zero-order valence-corrected chi connectivity index (χ0v) is 8.98. The van der Waals surface area contributed by atoms with Crippen LogP contribution in [0, 0.1) is 16.0 Å². The lowest BCUT2D eigenvalue weighted by Gasteiger charge is -2.10. The van der Waals surface area contributed by atoms with Gasteiger partial charge in [-0.3, -0.25) is 10.1 Å². The van der Waals surface area contributed by atoms with Crippen LogP contribution in [-0.4, -0.2) is 24.6 Å². The van der Waals surface area contributed by atoms with Crippen molar-refractivity contribution < 1.29 is 4.92 Å². The minimum absolute atomic E-state index is 0.132. The third-order valence-corrected chi connectivity index (χ3v) is 2.84. The van der Waals surface area contributed by atoms with Crippen molar-refractivity contribution in [1.82, 2.24) is 5.32 Å². The first-order chi connectivity index (χ1) is 7.75. The Balaban J connectivity index is 1.87. The largest absolute Gasteiger partial charge is 0.385 e. The molecule has 0 saturated carbocycles. The Labute approximate surface area is 94.0 Å². The number of non-ortho nitro benzene ring substituents is 1. The fraction of sp³-hybridized carbons (Fsp3) is 0.455. The van der Waals surface area contributed by atoms with Crippen molar-refractivity contribution >= 4 is 11.4 Å². The standard InChI is InChI=1S/C11H15N3O2/c15-14(16)11-3-1-10(2-4-11)13-8-9-5-6-12-7-9/h1-4,9,12-13H,5-8H2. The molecular formula is C11H15N3O2. The van der Waals surface area contributed by atoms with E-state index >= 15 is 0 Å². The molecule has 0 radical (unpaired) electrons. The van der Waals surface area contributed by atoms with Crippen LogP contribution in [0.15, 0.2) is 24.3 Å². The number of rotatable bonds is 4. The molecule has 0 spiro atoms. The molecule has 1 aliphatic heterocycles. The Morgan fingerprint density at radius 2 is 2.19 bits per heavy atom. The van der Waals surface area contributed by atoms with Crippen molar-refractivity contribution in [2.75, 3.05) is 25.0 Å². The third kappa shape index (κ3) is 2.70. The smallest absolute Gasteiger partial charge is 0.269 e. The lowest BCUT2D eigenvalue weighted by atomic mass is 10.1. The lowest BCUT2D eigenvalue weighted by Crippen LogP contribution is -2.17. The minimum atomic E-state index is -0.384. The van der Waals surface area contributed by atoms with Crippen LogP contribution in [0.2, 0.25) is 0 Å². The molecule has 2 rings (SSSR count). The summed E-state index contributed by atoms with van der Waals surface area (Å²) < 4.78 is 0. The van der Waals surface area contributed by atoms with Crippen LogP contribution in [0.5, 0.6) is 0 Å². The molecule has 1 aromatic carbocycles. The SMILES string of the molecule is O=[N+]([O-])c1ccc(NCC2CCNC2)cc1. The van der Waals surface area contributed by atoms with Gasteiger partial charge in [0.15, 0.2) is 0 Å². The predicted molar refractivity (Wildman–Crippen MR) is 62.6 cm³/mol. The van der Waals surface area contributed by atoms with E-state index in [0.29, 0.717) is 5.92 Å². The molecule has 5 nitrogen and oxygen atoms in total. The summed E-state index contributed by atoms with van der Waals surface area (Å²) in [4.78, 5) is 10.1. The minimum Gasteiger partial charge on any atom is -0.385 e. The molecule has 1 saturated heterocycles. The van der Waals surface area contributed by atoms with E-state index in [1.165, 1.54) is 18.6 Å². The second-order valence-corrected chi connectivity index (χ2v) is 4.04. The summed E-state index contributed by atoms with van der Waals surface area (Å²) in [7, 11) is 0. The number of nitrogens with zero attached hydrogens (tertiary/aromatic N) is 1. The van der Waals surface area contributed by atoms with E-state index in [-0.39, 0.29) is 10.6 Å². The summed E-state index contributed by atoms with van der Waals surface area (Å²) >= 11 is 0. The second kappa shape index (κ2) is 4.94. The van der Waals surface area contributed by atoms with Gasteiger partial charge < -0.3 is 10.6 Å². The molecule has 1 aromatic rings. The van der Waals surface area contributed by atoms with Crippen LogP contribution < -0.4 is 10.6 Å². The quantitative estimate of drug-likeness (QED) is 0.599. The summed E-state index contributed by atoms with van der Waals surface area (Å²) in [6, 6.07) is 6.55. The highest BCUT2D eigenvalue weighted by Gasteiger charge is 2.13. The summed E-state index contributed by atoms with van der Waals surface area (Å²) in [5.74, 6) is 0.662. The first-order valence-corrected chi connectivity index (χ1v) is 5.45. The first-order valence-electron chi connectivity index (χ1n) is 5.45. The molecule has 0 amide bonds. The number of hydrogen-bond donors (Lipinski definition) is 2. The molecular weight excluding hydrogens is 206 g/mol. The normalized spacial score (nSPS) is 19.6. The van der Waals surface area contributed by atoms with E-state index in [4.69, 9.17) is 0 Å². The Kier molecular flexibility index (Phi) is 3.36. The zero-order chi connectivity index (χ0) is 11.4. The van der Waals surface area contributed by atoms with Gasteiger partial charge in [-0.1, -0.05) is 0 Å². The number of nitrogens with one attached hydrogen (secondary N) is 2. The van der Waals surface area contributed by atoms with Crippen molar-refractivity contribution in [3.8, 4) is 0 Å². The highest BCUT2D eigenvalue weighted by atomic mass is 16.6. The topological polar surface area (TPSA) is 67.2 Å². The molecule has 2 N–H and O–H groups in total. The average Bonchev–Trinajstić information content (AvgIpc) is 2.80. The predicted octanol–water partition coefficient (Wildman–Crippen LogP) is 1.62. The Morgan fingerprint density at radius 3 is 2.75 bits per heavy atom. The van der Waals surface area contributed by atoms with Crippen LogP contribution in [0.1, 0.15) is 6.42 Å². The second-order valence-electron chi connectivity index (χ2n) is 4.04. The average molecular weight is 221 g/mol. The summed E-state index contributed by atoms with van der Waals surface area (Å²) in [6.07, 6.45) is 1.19. The van der Waals surface area contributed by atoms with Gasteiger partial charge in [0, 0.05) is 24.4 Å². The third-order valence-electron chi connectivity index (χ3n) is 2.84. The monoisotopic (exact) mass is 221 g/mol.